The molecule has 0 aromatic rings. The number of likely N-dealkylation sites (N-methyl/N-ethyl adjacent to an activating group) is 1. The van der Waals surface area contributed by atoms with Crippen LogP contribution in [0.4, 0.5) is 0 Å². The Balaban J connectivity index is 1.75. The molecule has 1 saturated carbocycles. The molecule has 2 fully saturated rings. The highest BCUT2D eigenvalue weighted by molar-refractivity contribution is 4.90. The fourth-order valence-electron chi connectivity index (χ4n) is 3.65. The second-order valence-corrected chi connectivity index (χ2v) is 5.66. The molecule has 3 atom stereocenters. The number of nitrogens with zero attached hydrogens (tertiary/aromatic N) is 1. The molecule has 2 aliphatic rings. The summed E-state index contributed by atoms with van der Waals surface area (Å²) in [6.45, 7) is 5.79. The van der Waals surface area contributed by atoms with Gasteiger partial charge in [0.15, 0.2) is 0 Å². The average molecular weight is 240 g/mol. The Morgan fingerprint density at radius 2 is 2.12 bits per heavy atom. The van der Waals surface area contributed by atoms with Crippen LogP contribution in [0.25, 0.3) is 0 Å². The predicted octanol–water partition coefficient (Wildman–Crippen LogP) is 1.61. The quantitative estimate of drug-likeness (QED) is 0.740. The molecule has 100 valence electrons. The minimum atomic E-state index is 0.274. The van der Waals surface area contributed by atoms with Crippen molar-refractivity contribution in [3.8, 4) is 0 Å². The van der Waals surface area contributed by atoms with E-state index in [1.165, 1.54) is 45.2 Å². The van der Waals surface area contributed by atoms with Crippen molar-refractivity contribution in [2.75, 3.05) is 26.2 Å². The number of aliphatic hydroxyl groups is 1. The molecule has 0 bridgehead atoms. The van der Waals surface area contributed by atoms with E-state index >= 15 is 0 Å². The second-order valence-electron chi connectivity index (χ2n) is 5.66. The molecule has 3 heteroatoms. The van der Waals surface area contributed by atoms with E-state index in [1.54, 1.807) is 0 Å². The van der Waals surface area contributed by atoms with Gasteiger partial charge in [0.1, 0.15) is 0 Å². The summed E-state index contributed by atoms with van der Waals surface area (Å²) in [6, 6.07) is 1.16. The van der Waals surface area contributed by atoms with Crippen molar-refractivity contribution >= 4 is 0 Å². The van der Waals surface area contributed by atoms with E-state index in [0.29, 0.717) is 6.04 Å². The standard InChI is InChI=1S/C14H28N2O/c1-2-15-13(11-17)8-10-16-9-7-12-5-3-4-6-14(12)16/h12-15,17H,2-11H2,1H3. The number of likely N-dealkylation sites (tertiary alicyclic amines) is 1. The van der Waals surface area contributed by atoms with E-state index in [2.05, 4.69) is 17.1 Å². The Kier molecular flexibility index (Phi) is 5.26. The minimum Gasteiger partial charge on any atom is -0.395 e. The molecule has 2 rings (SSSR count). The molecule has 0 aromatic heterocycles. The summed E-state index contributed by atoms with van der Waals surface area (Å²) >= 11 is 0. The summed E-state index contributed by atoms with van der Waals surface area (Å²) in [6.07, 6.45) is 8.25. The number of rotatable bonds is 6. The molecule has 0 radical (unpaired) electrons. The third kappa shape index (κ3) is 3.43. The van der Waals surface area contributed by atoms with Gasteiger partial charge >= 0.3 is 0 Å². The van der Waals surface area contributed by atoms with Crippen LogP contribution in [0.2, 0.25) is 0 Å². The third-order valence-corrected chi connectivity index (χ3v) is 4.60. The van der Waals surface area contributed by atoms with Gasteiger partial charge in [0.05, 0.1) is 6.61 Å². The highest BCUT2D eigenvalue weighted by atomic mass is 16.3. The van der Waals surface area contributed by atoms with E-state index in [9.17, 15) is 5.11 Å². The lowest BCUT2D eigenvalue weighted by Crippen LogP contribution is -2.40. The smallest absolute Gasteiger partial charge is 0.0585 e. The first kappa shape index (κ1) is 13.3. The lowest BCUT2D eigenvalue weighted by molar-refractivity contribution is 0.163. The molecule has 1 heterocycles. The molecule has 3 nitrogen and oxygen atoms in total. The highest BCUT2D eigenvalue weighted by Gasteiger charge is 2.35. The van der Waals surface area contributed by atoms with Gasteiger partial charge in [-0.2, -0.15) is 0 Å². The summed E-state index contributed by atoms with van der Waals surface area (Å²) < 4.78 is 0. The van der Waals surface area contributed by atoms with Crippen LogP contribution < -0.4 is 5.32 Å². The van der Waals surface area contributed by atoms with E-state index in [0.717, 1.165) is 24.9 Å². The Bertz CT molecular complexity index is 222. The van der Waals surface area contributed by atoms with Crippen LogP contribution in [0.1, 0.15) is 45.4 Å². The Labute approximate surface area is 106 Å². The van der Waals surface area contributed by atoms with E-state index in [4.69, 9.17) is 0 Å². The maximum absolute atomic E-state index is 9.28. The van der Waals surface area contributed by atoms with Crippen molar-refractivity contribution in [3.05, 3.63) is 0 Å². The van der Waals surface area contributed by atoms with Gasteiger partial charge in [0.25, 0.3) is 0 Å². The van der Waals surface area contributed by atoms with Crippen LogP contribution >= 0.6 is 0 Å². The topological polar surface area (TPSA) is 35.5 Å². The van der Waals surface area contributed by atoms with Crippen LogP contribution in [0, 0.1) is 5.92 Å². The number of fused-ring (bicyclic) bond motifs is 1. The first-order chi connectivity index (χ1) is 8.35. The van der Waals surface area contributed by atoms with Crippen LogP contribution in [0.5, 0.6) is 0 Å². The average Bonchev–Trinajstić information content (AvgIpc) is 2.78. The molecular formula is C14H28N2O. The second kappa shape index (κ2) is 6.72. The van der Waals surface area contributed by atoms with E-state index in [-0.39, 0.29) is 6.61 Å². The number of hydrogen-bond donors (Lipinski definition) is 2. The molecule has 3 unspecified atom stereocenters. The first-order valence-electron chi connectivity index (χ1n) is 7.43. The molecule has 17 heavy (non-hydrogen) atoms. The van der Waals surface area contributed by atoms with Crippen LogP contribution in [-0.2, 0) is 0 Å². The van der Waals surface area contributed by atoms with Crippen LogP contribution in [0.15, 0.2) is 0 Å². The summed E-state index contributed by atoms with van der Waals surface area (Å²) in [7, 11) is 0. The molecule has 0 aromatic carbocycles. The zero-order chi connectivity index (χ0) is 12.1. The lowest BCUT2D eigenvalue weighted by Gasteiger charge is -2.32. The molecular weight excluding hydrogens is 212 g/mol. The zero-order valence-electron chi connectivity index (χ0n) is 11.2. The Hall–Kier alpha value is -0.120. The van der Waals surface area contributed by atoms with E-state index in [1.807, 2.05) is 0 Å². The summed E-state index contributed by atoms with van der Waals surface area (Å²) in [4.78, 5) is 2.68. The summed E-state index contributed by atoms with van der Waals surface area (Å²) in [5, 5.41) is 12.6. The fourth-order valence-corrected chi connectivity index (χ4v) is 3.65. The first-order valence-corrected chi connectivity index (χ1v) is 7.43. The maximum atomic E-state index is 9.28. The fraction of sp³-hybridized carbons (Fsp3) is 1.00. The van der Waals surface area contributed by atoms with Crippen molar-refractivity contribution in [2.24, 2.45) is 5.92 Å². The SMILES string of the molecule is CCNC(CO)CCN1CCC2CCCCC21. The highest BCUT2D eigenvalue weighted by Crippen LogP contribution is 2.36. The van der Waals surface area contributed by atoms with Gasteiger partial charge in [-0.3, -0.25) is 0 Å². The van der Waals surface area contributed by atoms with Crippen molar-refractivity contribution in [2.45, 2.75) is 57.5 Å². The molecule has 1 aliphatic carbocycles. The molecule has 0 amide bonds. The normalized spacial score (nSPS) is 31.4. The van der Waals surface area contributed by atoms with Crippen LogP contribution in [-0.4, -0.2) is 48.3 Å². The minimum absolute atomic E-state index is 0.274. The van der Waals surface area contributed by atoms with Crippen molar-refractivity contribution in [1.29, 1.82) is 0 Å². The monoisotopic (exact) mass is 240 g/mol. The number of aliphatic hydroxyl groups excluding tert-OH is 1. The number of nitrogens with one attached hydrogen (secondary N) is 1. The van der Waals surface area contributed by atoms with Crippen molar-refractivity contribution < 1.29 is 5.11 Å². The Morgan fingerprint density at radius 1 is 1.29 bits per heavy atom. The van der Waals surface area contributed by atoms with Crippen molar-refractivity contribution in [3.63, 3.8) is 0 Å². The predicted molar refractivity (Wildman–Crippen MR) is 71.1 cm³/mol. The van der Waals surface area contributed by atoms with Crippen LogP contribution in [0.3, 0.4) is 0 Å². The molecule has 1 aliphatic heterocycles. The van der Waals surface area contributed by atoms with E-state index < -0.39 is 0 Å². The molecule has 1 saturated heterocycles. The van der Waals surface area contributed by atoms with Gasteiger partial charge in [0.2, 0.25) is 0 Å². The van der Waals surface area contributed by atoms with Gasteiger partial charge in [-0.15, -0.1) is 0 Å². The third-order valence-electron chi connectivity index (χ3n) is 4.60. The van der Waals surface area contributed by atoms with Crippen molar-refractivity contribution in [1.82, 2.24) is 10.2 Å². The van der Waals surface area contributed by atoms with Gasteiger partial charge in [-0.05, 0) is 44.7 Å². The largest absolute Gasteiger partial charge is 0.395 e. The lowest BCUT2D eigenvalue weighted by atomic mass is 9.85. The summed E-state index contributed by atoms with van der Waals surface area (Å²) in [5.74, 6) is 0.982. The zero-order valence-corrected chi connectivity index (χ0v) is 11.2. The van der Waals surface area contributed by atoms with Gasteiger partial charge in [-0.1, -0.05) is 19.8 Å². The maximum Gasteiger partial charge on any atom is 0.0585 e. The summed E-state index contributed by atoms with van der Waals surface area (Å²) in [5.41, 5.74) is 0. The molecule has 2 N–H and O–H groups in total. The number of hydrogen-bond acceptors (Lipinski definition) is 3. The van der Waals surface area contributed by atoms with Gasteiger partial charge in [-0.25, -0.2) is 0 Å². The van der Waals surface area contributed by atoms with Gasteiger partial charge < -0.3 is 15.3 Å². The Morgan fingerprint density at radius 3 is 2.88 bits per heavy atom. The van der Waals surface area contributed by atoms with Gasteiger partial charge in [0, 0.05) is 18.6 Å². The molecule has 0 spiro atoms.